The molecule has 0 radical (unpaired) electrons. The molecule has 18 heavy (non-hydrogen) atoms. The highest BCUT2D eigenvalue weighted by Crippen LogP contribution is 2.19. The van der Waals surface area contributed by atoms with Crippen LogP contribution in [0.4, 0.5) is 0 Å². The first kappa shape index (κ1) is 15.8. The zero-order chi connectivity index (χ0) is 13.4. The molecule has 0 bridgehead atoms. The highest BCUT2D eigenvalue weighted by atomic mass is 35.5. The highest BCUT2D eigenvalue weighted by Gasteiger charge is 2.08. The second-order valence-electron chi connectivity index (χ2n) is 4.51. The van der Waals surface area contributed by atoms with Gasteiger partial charge in [-0.05, 0) is 56.1 Å². The van der Waals surface area contributed by atoms with Gasteiger partial charge in [-0.15, -0.1) is 0 Å². The van der Waals surface area contributed by atoms with Gasteiger partial charge in [-0.3, -0.25) is 0 Å². The van der Waals surface area contributed by atoms with Crippen LogP contribution < -0.4 is 0 Å². The summed E-state index contributed by atoms with van der Waals surface area (Å²) in [6.45, 7) is 2.01. The van der Waals surface area contributed by atoms with Crippen LogP contribution in [0.15, 0.2) is 24.3 Å². The molecule has 1 unspecified atom stereocenters. The molecule has 1 N–H and O–H groups in total. The third-order valence-electron chi connectivity index (χ3n) is 2.93. The molecule has 4 heteroatoms. The fraction of sp³-hybridized carbons (Fsp3) is 0.571. The zero-order valence-corrected chi connectivity index (χ0v) is 12.7. The van der Waals surface area contributed by atoms with E-state index in [0.29, 0.717) is 5.02 Å². The molecule has 102 valence electrons. The van der Waals surface area contributed by atoms with Gasteiger partial charge in [0.1, 0.15) is 0 Å². The van der Waals surface area contributed by atoms with Gasteiger partial charge in [-0.25, -0.2) is 0 Å². The largest absolute Gasteiger partial charge is 0.388 e. The molecule has 0 saturated carbocycles. The standard InChI is InChI=1S/C14H22ClNOS/c1-16(9-3-11-18-2)10-8-14(17)12-4-6-13(15)7-5-12/h4-7,14,17H,3,8-11H2,1-2H3. The smallest absolute Gasteiger partial charge is 0.0802 e. The van der Waals surface area contributed by atoms with Gasteiger partial charge in [0.15, 0.2) is 0 Å². The van der Waals surface area contributed by atoms with Crippen molar-refractivity contribution in [3.63, 3.8) is 0 Å². The Bertz CT molecular complexity index is 331. The fourth-order valence-electron chi connectivity index (χ4n) is 1.78. The van der Waals surface area contributed by atoms with Crippen LogP contribution in [0.2, 0.25) is 5.02 Å². The number of nitrogens with zero attached hydrogens (tertiary/aromatic N) is 1. The number of benzene rings is 1. The number of aliphatic hydroxyl groups is 1. The lowest BCUT2D eigenvalue weighted by atomic mass is 10.1. The third-order valence-corrected chi connectivity index (χ3v) is 3.88. The molecular formula is C14H22ClNOS. The normalized spacial score (nSPS) is 12.9. The lowest BCUT2D eigenvalue weighted by molar-refractivity contribution is 0.149. The lowest BCUT2D eigenvalue weighted by Crippen LogP contribution is -2.22. The Morgan fingerprint density at radius 2 is 1.94 bits per heavy atom. The maximum Gasteiger partial charge on any atom is 0.0802 e. The average molecular weight is 288 g/mol. The van der Waals surface area contributed by atoms with E-state index in [1.54, 1.807) is 0 Å². The molecule has 0 aliphatic heterocycles. The van der Waals surface area contributed by atoms with Gasteiger partial charge in [0.05, 0.1) is 6.10 Å². The molecule has 0 aliphatic carbocycles. The fourth-order valence-corrected chi connectivity index (χ4v) is 2.33. The first-order chi connectivity index (χ1) is 8.63. The van der Waals surface area contributed by atoms with E-state index >= 15 is 0 Å². The monoisotopic (exact) mass is 287 g/mol. The summed E-state index contributed by atoms with van der Waals surface area (Å²) >= 11 is 7.70. The van der Waals surface area contributed by atoms with Gasteiger partial charge in [0.25, 0.3) is 0 Å². The molecule has 1 atom stereocenters. The minimum atomic E-state index is -0.398. The molecule has 0 aromatic heterocycles. The summed E-state index contributed by atoms with van der Waals surface area (Å²) in [5.41, 5.74) is 0.942. The van der Waals surface area contributed by atoms with E-state index in [0.717, 1.165) is 25.1 Å². The Morgan fingerprint density at radius 3 is 2.56 bits per heavy atom. The SMILES string of the molecule is CSCCCN(C)CCC(O)c1ccc(Cl)cc1. The number of halogens is 1. The van der Waals surface area contributed by atoms with Crippen LogP contribution in [0.5, 0.6) is 0 Å². The van der Waals surface area contributed by atoms with Crippen molar-refractivity contribution in [3.8, 4) is 0 Å². The van der Waals surface area contributed by atoms with Gasteiger partial charge in [-0.1, -0.05) is 23.7 Å². The van der Waals surface area contributed by atoms with Crippen LogP contribution in [-0.2, 0) is 0 Å². The Hall–Kier alpha value is -0.220. The van der Waals surface area contributed by atoms with E-state index < -0.39 is 6.10 Å². The van der Waals surface area contributed by atoms with Crippen molar-refractivity contribution in [3.05, 3.63) is 34.9 Å². The quantitative estimate of drug-likeness (QED) is 0.741. The molecule has 2 nitrogen and oxygen atoms in total. The van der Waals surface area contributed by atoms with Crippen LogP contribution in [0, 0.1) is 0 Å². The lowest BCUT2D eigenvalue weighted by Gasteiger charge is -2.18. The van der Waals surface area contributed by atoms with Gasteiger partial charge >= 0.3 is 0 Å². The van der Waals surface area contributed by atoms with Crippen LogP contribution in [0.1, 0.15) is 24.5 Å². The zero-order valence-electron chi connectivity index (χ0n) is 11.1. The summed E-state index contributed by atoms with van der Waals surface area (Å²) in [5.74, 6) is 1.20. The maximum absolute atomic E-state index is 10.1. The van der Waals surface area contributed by atoms with Gasteiger partial charge in [-0.2, -0.15) is 11.8 Å². The molecule has 1 aromatic carbocycles. The van der Waals surface area contributed by atoms with Crippen molar-refractivity contribution in [2.75, 3.05) is 32.1 Å². The summed E-state index contributed by atoms with van der Waals surface area (Å²) < 4.78 is 0. The molecule has 0 saturated heterocycles. The second-order valence-corrected chi connectivity index (χ2v) is 5.93. The first-order valence-electron chi connectivity index (χ1n) is 6.24. The summed E-state index contributed by atoms with van der Waals surface area (Å²) in [5, 5.41) is 10.8. The molecule has 1 rings (SSSR count). The topological polar surface area (TPSA) is 23.5 Å². The number of hydrogen-bond donors (Lipinski definition) is 1. The van der Waals surface area contributed by atoms with Crippen LogP contribution in [-0.4, -0.2) is 42.2 Å². The Morgan fingerprint density at radius 1 is 1.28 bits per heavy atom. The minimum absolute atomic E-state index is 0.398. The summed E-state index contributed by atoms with van der Waals surface area (Å²) in [7, 11) is 2.11. The van der Waals surface area contributed by atoms with Crippen LogP contribution in [0.3, 0.4) is 0 Å². The predicted molar refractivity (Wildman–Crippen MR) is 81.5 cm³/mol. The highest BCUT2D eigenvalue weighted by molar-refractivity contribution is 7.98. The Balaban J connectivity index is 2.27. The number of thioether (sulfide) groups is 1. The molecule has 0 spiro atoms. The maximum atomic E-state index is 10.1. The van der Waals surface area contributed by atoms with E-state index in [2.05, 4.69) is 18.2 Å². The molecular weight excluding hydrogens is 266 g/mol. The van der Waals surface area contributed by atoms with Gasteiger partial charge < -0.3 is 10.0 Å². The summed E-state index contributed by atoms with van der Waals surface area (Å²) in [4.78, 5) is 2.27. The predicted octanol–water partition coefficient (Wildman–Crippen LogP) is 3.45. The van der Waals surface area contributed by atoms with Crippen molar-refractivity contribution in [1.29, 1.82) is 0 Å². The van der Waals surface area contributed by atoms with E-state index in [9.17, 15) is 5.11 Å². The van der Waals surface area contributed by atoms with Crippen molar-refractivity contribution >= 4 is 23.4 Å². The van der Waals surface area contributed by atoms with Crippen molar-refractivity contribution < 1.29 is 5.11 Å². The number of rotatable bonds is 8. The van der Waals surface area contributed by atoms with Crippen molar-refractivity contribution in [2.24, 2.45) is 0 Å². The second kappa shape index (κ2) is 8.81. The van der Waals surface area contributed by atoms with Gasteiger partial charge in [0, 0.05) is 11.6 Å². The van der Waals surface area contributed by atoms with Crippen molar-refractivity contribution in [2.45, 2.75) is 18.9 Å². The molecule has 0 amide bonds. The van der Waals surface area contributed by atoms with Crippen LogP contribution >= 0.6 is 23.4 Å². The molecule has 0 aliphatic rings. The Labute approximate surface area is 119 Å². The summed E-state index contributed by atoms with van der Waals surface area (Å²) in [6, 6.07) is 7.42. The van der Waals surface area contributed by atoms with E-state index in [1.807, 2.05) is 36.0 Å². The first-order valence-corrected chi connectivity index (χ1v) is 8.01. The summed E-state index contributed by atoms with van der Waals surface area (Å²) in [6.07, 6.45) is 3.70. The van der Waals surface area contributed by atoms with E-state index in [-0.39, 0.29) is 0 Å². The molecule has 1 aromatic rings. The van der Waals surface area contributed by atoms with Crippen molar-refractivity contribution in [1.82, 2.24) is 4.90 Å². The molecule has 0 fully saturated rings. The third kappa shape index (κ3) is 6.10. The van der Waals surface area contributed by atoms with Gasteiger partial charge in [0.2, 0.25) is 0 Å². The molecule has 0 heterocycles. The average Bonchev–Trinajstić information content (AvgIpc) is 2.37. The van der Waals surface area contributed by atoms with E-state index in [4.69, 9.17) is 11.6 Å². The van der Waals surface area contributed by atoms with Crippen LogP contribution in [0.25, 0.3) is 0 Å². The number of aliphatic hydroxyl groups excluding tert-OH is 1. The minimum Gasteiger partial charge on any atom is -0.388 e. The van der Waals surface area contributed by atoms with E-state index in [1.165, 1.54) is 12.2 Å². The number of hydrogen-bond acceptors (Lipinski definition) is 3. The Kier molecular flexibility index (Phi) is 7.75.